The van der Waals surface area contributed by atoms with E-state index in [1.807, 2.05) is 6.92 Å². The standard InChI is InChI=1S/C13H23N3OS/c1-3-14-13(15-7-5-8-17-4-2)16-10-12-6-9-18-11-12/h6,9,11H,3-5,7-8,10H2,1-2H3,(H2,14,15,16). The SMILES string of the molecule is CCNC(=NCc1ccsc1)NCCCOCC. The molecule has 0 aliphatic carbocycles. The van der Waals surface area contributed by atoms with Gasteiger partial charge in [0, 0.05) is 26.3 Å². The Morgan fingerprint density at radius 1 is 1.39 bits per heavy atom. The Bertz CT molecular complexity index is 325. The Labute approximate surface area is 113 Å². The van der Waals surface area contributed by atoms with Gasteiger partial charge in [-0.2, -0.15) is 11.3 Å². The number of guanidine groups is 1. The lowest BCUT2D eigenvalue weighted by Crippen LogP contribution is -2.38. The van der Waals surface area contributed by atoms with E-state index in [-0.39, 0.29) is 0 Å². The molecule has 0 bridgehead atoms. The van der Waals surface area contributed by atoms with Gasteiger partial charge in [-0.25, -0.2) is 4.99 Å². The van der Waals surface area contributed by atoms with E-state index in [1.165, 1.54) is 5.56 Å². The Kier molecular flexibility index (Phi) is 8.25. The highest BCUT2D eigenvalue weighted by Gasteiger charge is 1.97. The van der Waals surface area contributed by atoms with Crippen LogP contribution in [0.25, 0.3) is 0 Å². The third-order valence-electron chi connectivity index (χ3n) is 2.31. The quantitative estimate of drug-likeness (QED) is 0.432. The van der Waals surface area contributed by atoms with Gasteiger partial charge in [-0.1, -0.05) is 0 Å². The lowest BCUT2D eigenvalue weighted by molar-refractivity contribution is 0.145. The largest absolute Gasteiger partial charge is 0.382 e. The molecular formula is C13H23N3OS. The fourth-order valence-electron chi connectivity index (χ4n) is 1.42. The van der Waals surface area contributed by atoms with Crippen molar-refractivity contribution in [3.8, 4) is 0 Å². The normalized spacial score (nSPS) is 11.6. The van der Waals surface area contributed by atoms with E-state index in [0.29, 0.717) is 0 Å². The number of nitrogens with one attached hydrogen (secondary N) is 2. The molecule has 5 heteroatoms. The molecule has 1 rings (SSSR count). The van der Waals surface area contributed by atoms with Crippen LogP contribution >= 0.6 is 11.3 Å². The molecule has 4 nitrogen and oxygen atoms in total. The number of hydrogen-bond acceptors (Lipinski definition) is 3. The van der Waals surface area contributed by atoms with Gasteiger partial charge in [-0.05, 0) is 42.7 Å². The van der Waals surface area contributed by atoms with E-state index >= 15 is 0 Å². The summed E-state index contributed by atoms with van der Waals surface area (Å²) in [5.74, 6) is 0.875. The predicted octanol–water partition coefficient (Wildman–Crippen LogP) is 2.23. The zero-order chi connectivity index (χ0) is 13.1. The summed E-state index contributed by atoms with van der Waals surface area (Å²) in [5.41, 5.74) is 1.26. The van der Waals surface area contributed by atoms with Crippen LogP contribution in [0.5, 0.6) is 0 Å². The van der Waals surface area contributed by atoms with Crippen LogP contribution in [0.4, 0.5) is 0 Å². The summed E-state index contributed by atoms with van der Waals surface area (Å²) in [6.07, 6.45) is 0.997. The van der Waals surface area contributed by atoms with Crippen molar-refractivity contribution in [2.24, 2.45) is 4.99 Å². The van der Waals surface area contributed by atoms with E-state index in [9.17, 15) is 0 Å². The van der Waals surface area contributed by atoms with Gasteiger partial charge in [0.15, 0.2) is 5.96 Å². The second-order valence-corrected chi connectivity index (χ2v) is 4.58. The fourth-order valence-corrected chi connectivity index (χ4v) is 2.08. The van der Waals surface area contributed by atoms with Crippen LogP contribution in [0.3, 0.4) is 0 Å². The predicted molar refractivity (Wildman–Crippen MR) is 78.2 cm³/mol. The Morgan fingerprint density at radius 3 is 2.94 bits per heavy atom. The summed E-state index contributed by atoms with van der Waals surface area (Å²) < 4.78 is 5.30. The van der Waals surface area contributed by atoms with Crippen molar-refractivity contribution in [1.82, 2.24) is 10.6 Å². The van der Waals surface area contributed by atoms with Gasteiger partial charge in [0.25, 0.3) is 0 Å². The molecule has 0 radical (unpaired) electrons. The van der Waals surface area contributed by atoms with Gasteiger partial charge in [0.1, 0.15) is 0 Å². The van der Waals surface area contributed by atoms with Crippen molar-refractivity contribution in [3.05, 3.63) is 22.4 Å². The molecule has 0 atom stereocenters. The molecule has 102 valence electrons. The average molecular weight is 269 g/mol. The minimum absolute atomic E-state index is 0.726. The van der Waals surface area contributed by atoms with Gasteiger partial charge in [-0.15, -0.1) is 0 Å². The topological polar surface area (TPSA) is 45.7 Å². The number of thiophene rings is 1. The fraction of sp³-hybridized carbons (Fsp3) is 0.615. The van der Waals surface area contributed by atoms with Gasteiger partial charge in [0.2, 0.25) is 0 Å². The summed E-state index contributed by atoms with van der Waals surface area (Å²) in [4.78, 5) is 4.53. The van der Waals surface area contributed by atoms with Gasteiger partial charge in [0.05, 0.1) is 6.54 Å². The highest BCUT2D eigenvalue weighted by Crippen LogP contribution is 2.06. The summed E-state index contributed by atoms with van der Waals surface area (Å²) in [6.45, 7) is 8.15. The monoisotopic (exact) mass is 269 g/mol. The molecule has 1 heterocycles. The van der Waals surface area contributed by atoms with Gasteiger partial charge in [-0.3, -0.25) is 0 Å². The first-order valence-corrected chi connectivity index (χ1v) is 7.42. The van der Waals surface area contributed by atoms with Gasteiger partial charge < -0.3 is 15.4 Å². The lowest BCUT2D eigenvalue weighted by atomic mass is 10.3. The maximum absolute atomic E-state index is 5.30. The Morgan fingerprint density at radius 2 is 2.28 bits per heavy atom. The Balaban J connectivity index is 2.27. The average Bonchev–Trinajstić information content (AvgIpc) is 2.88. The molecule has 1 aromatic rings. The van der Waals surface area contributed by atoms with Crippen molar-refractivity contribution < 1.29 is 4.74 Å². The van der Waals surface area contributed by atoms with Crippen LogP contribution in [-0.2, 0) is 11.3 Å². The van der Waals surface area contributed by atoms with Crippen molar-refractivity contribution in [2.45, 2.75) is 26.8 Å². The molecule has 1 aromatic heterocycles. The molecule has 0 spiro atoms. The molecule has 2 N–H and O–H groups in total. The molecule has 0 unspecified atom stereocenters. The van der Waals surface area contributed by atoms with E-state index in [2.05, 4.69) is 39.4 Å². The summed E-state index contributed by atoms with van der Waals surface area (Å²) >= 11 is 1.70. The first-order chi connectivity index (χ1) is 8.86. The lowest BCUT2D eigenvalue weighted by Gasteiger charge is -2.10. The van der Waals surface area contributed by atoms with E-state index in [1.54, 1.807) is 11.3 Å². The third-order valence-corrected chi connectivity index (χ3v) is 3.04. The van der Waals surface area contributed by atoms with Gasteiger partial charge >= 0.3 is 0 Å². The number of hydrogen-bond donors (Lipinski definition) is 2. The number of rotatable bonds is 8. The minimum atomic E-state index is 0.726. The number of nitrogens with zero attached hydrogens (tertiary/aromatic N) is 1. The zero-order valence-corrected chi connectivity index (χ0v) is 12.1. The third kappa shape index (κ3) is 6.61. The second-order valence-electron chi connectivity index (χ2n) is 3.80. The highest BCUT2D eigenvalue weighted by atomic mass is 32.1. The highest BCUT2D eigenvalue weighted by molar-refractivity contribution is 7.07. The molecule has 0 aliphatic heterocycles. The van der Waals surface area contributed by atoms with E-state index in [0.717, 1.165) is 45.2 Å². The molecule has 0 aromatic carbocycles. The van der Waals surface area contributed by atoms with E-state index in [4.69, 9.17) is 4.74 Å². The number of ether oxygens (including phenoxy) is 1. The van der Waals surface area contributed by atoms with Crippen molar-refractivity contribution in [2.75, 3.05) is 26.3 Å². The molecule has 0 fully saturated rings. The van der Waals surface area contributed by atoms with Crippen molar-refractivity contribution in [1.29, 1.82) is 0 Å². The van der Waals surface area contributed by atoms with Crippen LogP contribution < -0.4 is 10.6 Å². The van der Waals surface area contributed by atoms with Crippen molar-refractivity contribution >= 4 is 17.3 Å². The van der Waals surface area contributed by atoms with Crippen LogP contribution in [-0.4, -0.2) is 32.3 Å². The Hall–Kier alpha value is -1.07. The zero-order valence-electron chi connectivity index (χ0n) is 11.2. The minimum Gasteiger partial charge on any atom is -0.382 e. The first kappa shape index (κ1) is 15.0. The second kappa shape index (κ2) is 9.91. The summed E-state index contributed by atoms with van der Waals surface area (Å²) in [6, 6.07) is 2.10. The molecule has 18 heavy (non-hydrogen) atoms. The maximum Gasteiger partial charge on any atom is 0.191 e. The van der Waals surface area contributed by atoms with Crippen LogP contribution in [0, 0.1) is 0 Å². The maximum atomic E-state index is 5.30. The molecule has 0 saturated carbocycles. The smallest absolute Gasteiger partial charge is 0.191 e. The molecule has 0 saturated heterocycles. The molecular weight excluding hydrogens is 246 g/mol. The van der Waals surface area contributed by atoms with Crippen LogP contribution in [0.2, 0.25) is 0 Å². The van der Waals surface area contributed by atoms with Crippen LogP contribution in [0.1, 0.15) is 25.8 Å². The van der Waals surface area contributed by atoms with Crippen LogP contribution in [0.15, 0.2) is 21.8 Å². The van der Waals surface area contributed by atoms with Crippen molar-refractivity contribution in [3.63, 3.8) is 0 Å². The van der Waals surface area contributed by atoms with E-state index < -0.39 is 0 Å². The number of aliphatic imine (C=N–C) groups is 1. The molecule has 0 aliphatic rings. The summed E-state index contributed by atoms with van der Waals surface area (Å²) in [5, 5.41) is 10.7. The first-order valence-electron chi connectivity index (χ1n) is 6.47. The molecule has 0 amide bonds. The summed E-state index contributed by atoms with van der Waals surface area (Å²) in [7, 11) is 0.